The minimum Gasteiger partial charge on any atom is -0.493 e. The number of ether oxygens (including phenoxy) is 4. The van der Waals surface area contributed by atoms with Gasteiger partial charge in [0.2, 0.25) is 11.8 Å². The third-order valence-corrected chi connectivity index (χ3v) is 9.87. The van der Waals surface area contributed by atoms with Crippen LogP contribution in [0.25, 0.3) is 0 Å². The lowest BCUT2D eigenvalue weighted by Crippen LogP contribution is -2.51. The van der Waals surface area contributed by atoms with Crippen molar-refractivity contribution in [2.24, 2.45) is 5.92 Å². The van der Waals surface area contributed by atoms with Crippen LogP contribution in [-0.2, 0) is 9.59 Å². The molecule has 3 aliphatic rings. The van der Waals surface area contributed by atoms with Crippen LogP contribution < -0.4 is 18.9 Å². The number of hydrogen-bond acceptors (Lipinski definition) is 8. The number of piperazine rings is 2. The Morgan fingerprint density at radius 1 is 0.659 bits per heavy atom. The predicted molar refractivity (Wildman–Crippen MR) is 169 cm³/mol. The van der Waals surface area contributed by atoms with Crippen molar-refractivity contribution < 1.29 is 28.5 Å². The van der Waals surface area contributed by atoms with Gasteiger partial charge in [-0.15, -0.1) is 0 Å². The molecule has 0 saturated carbocycles. The van der Waals surface area contributed by atoms with Gasteiger partial charge in [-0.2, -0.15) is 0 Å². The van der Waals surface area contributed by atoms with Crippen molar-refractivity contribution in [2.45, 2.75) is 32.1 Å². The fourth-order valence-corrected chi connectivity index (χ4v) is 7.23. The molecule has 0 spiro atoms. The maximum absolute atomic E-state index is 14.7. The highest BCUT2D eigenvalue weighted by atomic mass is 16.5. The van der Waals surface area contributed by atoms with Crippen molar-refractivity contribution in [3.63, 3.8) is 0 Å². The summed E-state index contributed by atoms with van der Waals surface area (Å²) in [4.78, 5) is 37.4. The van der Waals surface area contributed by atoms with E-state index in [0.717, 1.165) is 56.0 Å². The summed E-state index contributed by atoms with van der Waals surface area (Å²) in [5.41, 5.74) is 2.88. The molecule has 10 nitrogen and oxygen atoms in total. The first-order chi connectivity index (χ1) is 21.4. The Balaban J connectivity index is 1.60. The van der Waals surface area contributed by atoms with E-state index in [9.17, 15) is 9.59 Å². The summed E-state index contributed by atoms with van der Waals surface area (Å²) in [6.07, 6.45) is 0.254. The number of likely N-dealkylation sites (N-methyl/N-ethyl adjacent to an activating group) is 2. The Bertz CT molecular complexity index is 1320. The highest BCUT2D eigenvalue weighted by molar-refractivity contribution is 5.86. The Morgan fingerprint density at radius 3 is 1.68 bits per heavy atom. The summed E-state index contributed by atoms with van der Waals surface area (Å²) in [6.45, 7) is 12.4. The predicted octanol–water partition coefficient (Wildman–Crippen LogP) is 3.28. The van der Waals surface area contributed by atoms with Gasteiger partial charge in [0, 0.05) is 70.6 Å². The van der Waals surface area contributed by atoms with E-state index in [1.165, 1.54) is 0 Å². The fraction of sp³-hybridized carbons (Fsp3) is 0.588. The molecule has 3 atom stereocenters. The molecule has 0 bridgehead atoms. The third kappa shape index (κ3) is 6.19. The van der Waals surface area contributed by atoms with Gasteiger partial charge >= 0.3 is 0 Å². The van der Waals surface area contributed by atoms with E-state index in [4.69, 9.17) is 18.9 Å². The molecule has 2 aromatic carbocycles. The molecule has 0 aromatic heterocycles. The van der Waals surface area contributed by atoms with Gasteiger partial charge in [-0.3, -0.25) is 9.59 Å². The second-order valence-corrected chi connectivity index (χ2v) is 11.8. The number of rotatable bonds is 10. The topological polar surface area (TPSA) is 84.0 Å². The van der Waals surface area contributed by atoms with Crippen LogP contribution in [0.3, 0.4) is 0 Å². The molecule has 0 radical (unpaired) electrons. The highest BCUT2D eigenvalue weighted by Crippen LogP contribution is 2.55. The van der Waals surface area contributed by atoms with Gasteiger partial charge in [0.15, 0.2) is 23.0 Å². The first-order valence-electron chi connectivity index (χ1n) is 15.9. The van der Waals surface area contributed by atoms with Gasteiger partial charge in [0.05, 0.1) is 34.4 Å². The Kier molecular flexibility index (Phi) is 10.2. The van der Waals surface area contributed by atoms with Crippen molar-refractivity contribution in [2.75, 3.05) is 93.9 Å². The lowest BCUT2D eigenvalue weighted by Gasteiger charge is -2.38. The maximum atomic E-state index is 14.7. The van der Waals surface area contributed by atoms with E-state index in [2.05, 4.69) is 23.6 Å². The van der Waals surface area contributed by atoms with Crippen LogP contribution in [0.5, 0.6) is 23.0 Å². The lowest BCUT2D eigenvalue weighted by atomic mass is 9.79. The number of hydrogen-bond donors (Lipinski definition) is 0. The van der Waals surface area contributed by atoms with Gasteiger partial charge in [-0.25, -0.2) is 0 Å². The van der Waals surface area contributed by atoms with Gasteiger partial charge in [-0.1, -0.05) is 19.9 Å². The summed E-state index contributed by atoms with van der Waals surface area (Å²) in [5, 5.41) is 0. The zero-order valence-electron chi connectivity index (χ0n) is 27.1. The van der Waals surface area contributed by atoms with E-state index >= 15 is 0 Å². The number of benzene rings is 2. The number of carbonyl (C=O) groups is 2. The van der Waals surface area contributed by atoms with E-state index in [1.54, 1.807) is 28.4 Å². The first kappa shape index (κ1) is 31.9. The number of methoxy groups -OCH3 is 4. The molecule has 44 heavy (non-hydrogen) atoms. The van der Waals surface area contributed by atoms with Crippen LogP contribution in [0.4, 0.5) is 0 Å². The highest BCUT2D eigenvalue weighted by Gasteiger charge is 2.49. The fourth-order valence-electron chi connectivity index (χ4n) is 7.23. The van der Waals surface area contributed by atoms with Crippen LogP contribution in [0.2, 0.25) is 0 Å². The molecule has 1 aliphatic carbocycles. The lowest BCUT2D eigenvalue weighted by molar-refractivity contribution is -0.139. The van der Waals surface area contributed by atoms with Gasteiger partial charge in [0.25, 0.3) is 0 Å². The van der Waals surface area contributed by atoms with Gasteiger partial charge < -0.3 is 38.5 Å². The van der Waals surface area contributed by atoms with Gasteiger partial charge in [-0.05, 0) is 54.0 Å². The summed E-state index contributed by atoms with van der Waals surface area (Å²) in [5.74, 6) is 1.48. The van der Waals surface area contributed by atoms with Crippen molar-refractivity contribution in [3.8, 4) is 23.0 Å². The molecule has 2 saturated heterocycles. The average molecular weight is 609 g/mol. The molecule has 2 aliphatic heterocycles. The van der Waals surface area contributed by atoms with E-state index in [-0.39, 0.29) is 30.1 Å². The van der Waals surface area contributed by atoms with Crippen molar-refractivity contribution in [1.82, 2.24) is 19.6 Å². The zero-order valence-corrected chi connectivity index (χ0v) is 27.1. The molecule has 10 heteroatoms. The number of carbonyl (C=O) groups excluding carboxylic acids is 2. The normalized spacial score (nSPS) is 22.5. The molecule has 3 unspecified atom stereocenters. The minimum absolute atomic E-state index is 0.0864. The standard InChI is InChI=1S/C34H48N4O6/c1-7-35-11-15-37(16-12-35)31(39)22-26-24-20-29(43-5)30(44-6)21-25(24)32(23-9-10-27(41-3)28(19-23)42-4)33(26)34(40)38-17-13-36(8-2)14-18-38/h9-10,19-21,26,32-33H,7-8,11-18,22H2,1-6H3. The monoisotopic (exact) mass is 608 g/mol. The molecule has 2 aromatic rings. The van der Waals surface area contributed by atoms with Gasteiger partial charge in [0.1, 0.15) is 0 Å². The Hall–Kier alpha value is -3.50. The summed E-state index contributed by atoms with van der Waals surface area (Å²) in [6, 6.07) is 9.85. The van der Waals surface area contributed by atoms with Crippen molar-refractivity contribution >= 4 is 11.8 Å². The van der Waals surface area contributed by atoms with Crippen molar-refractivity contribution in [1.29, 1.82) is 0 Å². The van der Waals surface area contributed by atoms with Crippen molar-refractivity contribution in [3.05, 3.63) is 47.0 Å². The number of fused-ring (bicyclic) bond motifs is 1. The molecule has 5 rings (SSSR count). The summed E-state index contributed by atoms with van der Waals surface area (Å²) >= 11 is 0. The minimum atomic E-state index is -0.478. The second kappa shape index (κ2) is 14.1. The Morgan fingerprint density at radius 2 is 1.16 bits per heavy atom. The van der Waals surface area contributed by atoms with E-state index < -0.39 is 5.92 Å². The van der Waals surface area contributed by atoms with E-state index in [0.29, 0.717) is 49.2 Å². The number of amides is 2. The molecular formula is C34H48N4O6. The molecular weight excluding hydrogens is 560 g/mol. The maximum Gasteiger partial charge on any atom is 0.227 e. The molecule has 0 N–H and O–H groups in total. The second-order valence-electron chi connectivity index (χ2n) is 11.8. The van der Waals surface area contributed by atoms with Crippen LogP contribution in [-0.4, -0.2) is 125 Å². The average Bonchev–Trinajstić information content (AvgIpc) is 3.39. The summed E-state index contributed by atoms with van der Waals surface area (Å²) in [7, 11) is 6.48. The quantitative estimate of drug-likeness (QED) is 0.407. The first-order valence-corrected chi connectivity index (χ1v) is 15.9. The molecule has 240 valence electrons. The number of nitrogens with zero attached hydrogens (tertiary/aromatic N) is 4. The van der Waals surface area contributed by atoms with Crippen LogP contribution in [0.1, 0.15) is 48.8 Å². The zero-order chi connectivity index (χ0) is 31.4. The Labute approximate surface area is 261 Å². The van der Waals surface area contributed by atoms with Crippen LogP contribution in [0.15, 0.2) is 30.3 Å². The smallest absolute Gasteiger partial charge is 0.227 e. The molecule has 2 amide bonds. The largest absolute Gasteiger partial charge is 0.493 e. The summed E-state index contributed by atoms with van der Waals surface area (Å²) < 4.78 is 22.7. The SMILES string of the molecule is CCN1CCN(C(=O)CC2c3cc(OC)c(OC)cc3C(c3ccc(OC)c(OC)c3)C2C(=O)N2CCN(CC)CC2)CC1. The van der Waals surface area contributed by atoms with Crippen LogP contribution in [0, 0.1) is 5.92 Å². The van der Waals surface area contributed by atoms with E-state index in [1.807, 2.05) is 40.1 Å². The van der Waals surface area contributed by atoms with Crippen LogP contribution >= 0.6 is 0 Å². The third-order valence-electron chi connectivity index (χ3n) is 9.87. The molecule has 2 fully saturated rings. The molecule has 2 heterocycles.